The molecule has 0 aromatic heterocycles. The van der Waals surface area contributed by atoms with Gasteiger partial charge in [-0.05, 0) is 24.1 Å². The minimum Gasteiger partial charge on any atom is -0.388 e. The van der Waals surface area contributed by atoms with Crippen LogP contribution in [0.5, 0.6) is 0 Å². The molecule has 1 aromatic carbocycles. The summed E-state index contributed by atoms with van der Waals surface area (Å²) in [5.41, 5.74) is -1.24. The van der Waals surface area contributed by atoms with Crippen LogP contribution in [0.2, 0.25) is 0 Å². The Bertz CT molecular complexity index is 359. The van der Waals surface area contributed by atoms with Gasteiger partial charge in [-0.1, -0.05) is 19.4 Å². The number of rotatable bonds is 3. The Balaban J connectivity index is 3.07. The number of aliphatic hydroxyl groups is 1. The van der Waals surface area contributed by atoms with Crippen molar-refractivity contribution in [1.82, 2.24) is 0 Å². The first-order valence-corrected chi connectivity index (χ1v) is 4.91. The summed E-state index contributed by atoms with van der Waals surface area (Å²) in [4.78, 5) is 0. The molecule has 0 spiro atoms. The largest absolute Gasteiger partial charge is 0.419 e. The fraction of sp³-hybridized carbons (Fsp3) is 0.455. The summed E-state index contributed by atoms with van der Waals surface area (Å²) in [7, 11) is 0. The predicted molar refractivity (Wildman–Crippen MR) is 51.3 cm³/mol. The maximum Gasteiger partial charge on any atom is 0.419 e. The van der Waals surface area contributed by atoms with Gasteiger partial charge in [0, 0.05) is 0 Å². The first-order valence-electron chi connectivity index (χ1n) is 4.91. The lowest BCUT2D eigenvalue weighted by molar-refractivity contribution is -0.140. The van der Waals surface area contributed by atoms with Crippen molar-refractivity contribution in [3.8, 4) is 0 Å². The van der Waals surface area contributed by atoms with Crippen LogP contribution in [0.25, 0.3) is 0 Å². The van der Waals surface area contributed by atoms with E-state index < -0.39 is 23.7 Å². The summed E-state index contributed by atoms with van der Waals surface area (Å²) in [6.07, 6.45) is -4.72. The van der Waals surface area contributed by atoms with Crippen LogP contribution in [-0.2, 0) is 6.18 Å². The van der Waals surface area contributed by atoms with Gasteiger partial charge in [0.2, 0.25) is 0 Å². The van der Waals surface area contributed by atoms with Crippen LogP contribution in [0.3, 0.4) is 0 Å². The zero-order valence-electron chi connectivity index (χ0n) is 8.68. The molecule has 90 valence electrons. The predicted octanol–water partition coefficient (Wildman–Crippen LogP) is 3.68. The quantitative estimate of drug-likeness (QED) is 0.794. The second kappa shape index (κ2) is 4.82. The first-order chi connectivity index (χ1) is 7.36. The van der Waals surface area contributed by atoms with Gasteiger partial charge in [-0.2, -0.15) is 13.2 Å². The third-order valence-electron chi connectivity index (χ3n) is 2.24. The number of alkyl halides is 3. The lowest BCUT2D eigenvalue weighted by atomic mass is 10.0. The lowest BCUT2D eigenvalue weighted by Gasteiger charge is -2.13. The summed E-state index contributed by atoms with van der Waals surface area (Å²) in [5.74, 6) is -1.32. The van der Waals surface area contributed by atoms with Crippen molar-refractivity contribution in [2.45, 2.75) is 32.0 Å². The van der Waals surface area contributed by atoms with Crippen LogP contribution < -0.4 is 0 Å². The van der Waals surface area contributed by atoms with Gasteiger partial charge in [-0.3, -0.25) is 0 Å². The molecule has 0 bridgehead atoms. The maximum atomic E-state index is 12.9. The Hall–Kier alpha value is -1.10. The van der Waals surface area contributed by atoms with Crippen LogP contribution in [-0.4, -0.2) is 5.11 Å². The van der Waals surface area contributed by atoms with E-state index in [1.807, 2.05) is 0 Å². The van der Waals surface area contributed by atoms with Gasteiger partial charge in [0.25, 0.3) is 0 Å². The molecule has 0 saturated carbocycles. The van der Waals surface area contributed by atoms with Gasteiger partial charge in [0.15, 0.2) is 0 Å². The summed E-state index contributed by atoms with van der Waals surface area (Å²) < 4.78 is 50.0. The minimum atomic E-state index is -4.73. The smallest absolute Gasteiger partial charge is 0.388 e. The Morgan fingerprint density at radius 2 is 1.94 bits per heavy atom. The molecule has 1 unspecified atom stereocenters. The molecule has 1 aromatic rings. The van der Waals surface area contributed by atoms with Crippen molar-refractivity contribution in [1.29, 1.82) is 0 Å². The van der Waals surface area contributed by atoms with Gasteiger partial charge in [-0.25, -0.2) is 4.39 Å². The highest BCUT2D eigenvalue weighted by molar-refractivity contribution is 5.28. The normalized spacial score (nSPS) is 13.9. The van der Waals surface area contributed by atoms with Crippen LogP contribution in [0.4, 0.5) is 17.6 Å². The molecular weight excluding hydrogens is 224 g/mol. The third kappa shape index (κ3) is 2.95. The standard InChI is InChI=1S/C11H12F4O/c1-2-3-10(16)7-4-5-9(12)8(6-7)11(13,14)15/h4-6,10,16H,2-3H2,1H3. The highest BCUT2D eigenvalue weighted by Crippen LogP contribution is 2.33. The second-order valence-corrected chi connectivity index (χ2v) is 3.54. The topological polar surface area (TPSA) is 20.2 Å². The van der Waals surface area contributed by atoms with Gasteiger partial charge in [0.05, 0.1) is 11.7 Å². The van der Waals surface area contributed by atoms with Crippen molar-refractivity contribution in [2.75, 3.05) is 0 Å². The molecule has 0 saturated heterocycles. The zero-order chi connectivity index (χ0) is 12.3. The van der Waals surface area contributed by atoms with E-state index in [9.17, 15) is 22.7 Å². The first kappa shape index (κ1) is 13.0. The summed E-state index contributed by atoms with van der Waals surface area (Å²) in [5, 5.41) is 9.51. The fourth-order valence-corrected chi connectivity index (χ4v) is 1.41. The maximum absolute atomic E-state index is 12.9. The van der Waals surface area contributed by atoms with Crippen LogP contribution >= 0.6 is 0 Å². The molecule has 0 aliphatic carbocycles. The van der Waals surface area contributed by atoms with E-state index in [4.69, 9.17) is 0 Å². The average molecular weight is 236 g/mol. The molecule has 0 aliphatic heterocycles. The van der Waals surface area contributed by atoms with E-state index in [2.05, 4.69) is 0 Å². The Morgan fingerprint density at radius 3 is 2.44 bits per heavy atom. The number of aliphatic hydroxyl groups excluding tert-OH is 1. The molecule has 1 atom stereocenters. The molecule has 0 heterocycles. The summed E-state index contributed by atoms with van der Waals surface area (Å²) in [6, 6.07) is 2.57. The molecule has 0 amide bonds. The van der Waals surface area contributed by atoms with Gasteiger partial charge < -0.3 is 5.11 Å². The number of benzene rings is 1. The Kier molecular flexibility index (Phi) is 3.91. The van der Waals surface area contributed by atoms with Crippen molar-refractivity contribution < 1.29 is 22.7 Å². The molecule has 0 fully saturated rings. The molecule has 0 radical (unpaired) electrons. The lowest BCUT2D eigenvalue weighted by Crippen LogP contribution is -2.10. The van der Waals surface area contributed by atoms with E-state index >= 15 is 0 Å². The SMILES string of the molecule is CCCC(O)c1ccc(F)c(C(F)(F)F)c1. The van der Waals surface area contributed by atoms with Crippen LogP contribution in [0.1, 0.15) is 37.0 Å². The van der Waals surface area contributed by atoms with Crippen LogP contribution in [0.15, 0.2) is 18.2 Å². The highest BCUT2D eigenvalue weighted by Gasteiger charge is 2.34. The van der Waals surface area contributed by atoms with E-state index in [1.165, 1.54) is 6.07 Å². The molecule has 1 rings (SSSR count). The van der Waals surface area contributed by atoms with Gasteiger partial charge in [-0.15, -0.1) is 0 Å². The molecule has 5 heteroatoms. The van der Waals surface area contributed by atoms with E-state index in [0.29, 0.717) is 18.9 Å². The number of hydrogen-bond donors (Lipinski definition) is 1. The Labute approximate surface area is 90.7 Å². The van der Waals surface area contributed by atoms with Crippen molar-refractivity contribution in [3.05, 3.63) is 35.1 Å². The fourth-order valence-electron chi connectivity index (χ4n) is 1.41. The Morgan fingerprint density at radius 1 is 1.31 bits per heavy atom. The molecule has 16 heavy (non-hydrogen) atoms. The van der Waals surface area contributed by atoms with Gasteiger partial charge in [0.1, 0.15) is 5.82 Å². The third-order valence-corrected chi connectivity index (χ3v) is 2.24. The number of halogens is 4. The second-order valence-electron chi connectivity index (χ2n) is 3.54. The average Bonchev–Trinajstić information content (AvgIpc) is 2.16. The van der Waals surface area contributed by atoms with Crippen molar-refractivity contribution in [3.63, 3.8) is 0 Å². The molecule has 1 N–H and O–H groups in total. The minimum absolute atomic E-state index is 0.0931. The van der Waals surface area contributed by atoms with E-state index in [-0.39, 0.29) is 5.56 Å². The molecule has 0 aliphatic rings. The van der Waals surface area contributed by atoms with Crippen molar-refractivity contribution in [2.24, 2.45) is 0 Å². The summed E-state index contributed by atoms with van der Waals surface area (Å²) in [6.45, 7) is 1.80. The van der Waals surface area contributed by atoms with Crippen molar-refractivity contribution >= 4 is 0 Å². The highest BCUT2D eigenvalue weighted by atomic mass is 19.4. The van der Waals surface area contributed by atoms with E-state index in [0.717, 1.165) is 6.07 Å². The number of hydrogen-bond acceptors (Lipinski definition) is 1. The van der Waals surface area contributed by atoms with Crippen LogP contribution in [0, 0.1) is 5.82 Å². The van der Waals surface area contributed by atoms with Gasteiger partial charge >= 0.3 is 6.18 Å². The summed E-state index contributed by atoms with van der Waals surface area (Å²) >= 11 is 0. The monoisotopic (exact) mass is 236 g/mol. The molecular formula is C11H12F4O. The molecule has 1 nitrogen and oxygen atoms in total. The van der Waals surface area contributed by atoms with E-state index in [1.54, 1.807) is 6.92 Å². The zero-order valence-corrected chi connectivity index (χ0v) is 8.68.